The number of aromatic nitrogens is 2. The number of carbonyl (C=O) groups is 2. The zero-order valence-electron chi connectivity index (χ0n) is 24.1. The van der Waals surface area contributed by atoms with Crippen LogP contribution in [-0.4, -0.2) is 34.7 Å². The minimum atomic E-state index is -0.581. The fourth-order valence-corrected chi connectivity index (χ4v) is 5.38. The molecule has 0 unspecified atom stereocenters. The van der Waals surface area contributed by atoms with E-state index in [-0.39, 0.29) is 30.0 Å². The average Bonchev–Trinajstić information content (AvgIpc) is 3.36. The molecule has 0 amide bonds. The van der Waals surface area contributed by atoms with Crippen LogP contribution < -0.4 is 5.56 Å². The highest BCUT2D eigenvalue weighted by molar-refractivity contribution is 6.08. The molecule has 0 saturated carbocycles. The van der Waals surface area contributed by atoms with E-state index in [9.17, 15) is 14.4 Å². The Morgan fingerprint density at radius 3 is 1.69 bits per heavy atom. The van der Waals surface area contributed by atoms with E-state index in [1.807, 2.05) is 91.0 Å². The van der Waals surface area contributed by atoms with Crippen molar-refractivity contribution in [2.24, 2.45) is 7.05 Å². The number of aromatic amines is 1. The topological polar surface area (TPSA) is 90.4 Å². The predicted octanol–water partition coefficient (Wildman–Crippen LogP) is 7.04. The minimum absolute atomic E-state index is 0.150. The fourth-order valence-electron chi connectivity index (χ4n) is 5.38. The summed E-state index contributed by atoms with van der Waals surface area (Å²) in [5, 5.41) is 0. The van der Waals surface area contributed by atoms with Crippen LogP contribution in [0.25, 0.3) is 44.8 Å². The molecule has 0 radical (unpaired) electrons. The second kappa shape index (κ2) is 12.1. The first-order valence-electron chi connectivity index (χ1n) is 13.9. The van der Waals surface area contributed by atoms with Crippen molar-refractivity contribution in [2.75, 3.05) is 13.2 Å². The van der Waals surface area contributed by atoms with Gasteiger partial charge in [0.1, 0.15) is 5.69 Å². The summed E-state index contributed by atoms with van der Waals surface area (Å²) in [4.78, 5) is 44.3. The summed E-state index contributed by atoms with van der Waals surface area (Å²) in [6.07, 6.45) is 0. The van der Waals surface area contributed by atoms with Gasteiger partial charge >= 0.3 is 11.9 Å². The van der Waals surface area contributed by atoms with E-state index in [0.29, 0.717) is 33.6 Å². The van der Waals surface area contributed by atoms with Gasteiger partial charge in [0.25, 0.3) is 5.56 Å². The number of pyridine rings is 1. The van der Waals surface area contributed by atoms with Crippen molar-refractivity contribution in [1.29, 1.82) is 0 Å². The molecular weight excluding hydrogens is 528 g/mol. The molecule has 0 aliphatic heterocycles. The summed E-state index contributed by atoms with van der Waals surface area (Å²) in [6.45, 7) is 5.48. The Hall–Kier alpha value is -5.17. The second-order valence-electron chi connectivity index (χ2n) is 9.75. The van der Waals surface area contributed by atoms with Crippen LogP contribution in [0.5, 0.6) is 0 Å². The SMILES string of the molecule is CCOC(=O)c1[nH]c(-c2c(-c3ccccc3)c(-c3ccccc3)c(=O)n(C)c2-c2ccccc2)c(C(=O)OCC)c1C. The third-order valence-electron chi connectivity index (χ3n) is 7.22. The van der Waals surface area contributed by atoms with Gasteiger partial charge in [-0.1, -0.05) is 91.0 Å². The molecule has 42 heavy (non-hydrogen) atoms. The van der Waals surface area contributed by atoms with Gasteiger partial charge in [0.05, 0.1) is 35.7 Å². The molecule has 0 saturated heterocycles. The van der Waals surface area contributed by atoms with Crippen molar-refractivity contribution >= 4 is 11.9 Å². The Kier molecular flexibility index (Phi) is 8.20. The van der Waals surface area contributed by atoms with Crippen molar-refractivity contribution in [2.45, 2.75) is 20.8 Å². The highest BCUT2D eigenvalue weighted by Gasteiger charge is 2.32. The van der Waals surface area contributed by atoms with Crippen molar-refractivity contribution in [3.63, 3.8) is 0 Å². The number of nitrogens with zero attached hydrogens (tertiary/aromatic N) is 1. The first-order chi connectivity index (χ1) is 20.4. The summed E-state index contributed by atoms with van der Waals surface area (Å²) < 4.78 is 12.5. The molecule has 1 N–H and O–H groups in total. The fraction of sp³-hybridized carbons (Fsp3) is 0.171. The van der Waals surface area contributed by atoms with E-state index < -0.39 is 11.9 Å². The Bertz CT molecular complexity index is 1800. The number of H-pyrrole nitrogens is 1. The normalized spacial score (nSPS) is 10.9. The van der Waals surface area contributed by atoms with Gasteiger partial charge in [-0.05, 0) is 43.0 Å². The average molecular weight is 561 g/mol. The Morgan fingerprint density at radius 1 is 0.690 bits per heavy atom. The van der Waals surface area contributed by atoms with Crippen LogP contribution in [0, 0.1) is 6.92 Å². The van der Waals surface area contributed by atoms with Crippen LogP contribution >= 0.6 is 0 Å². The lowest BCUT2D eigenvalue weighted by Crippen LogP contribution is -2.23. The van der Waals surface area contributed by atoms with Gasteiger partial charge in [-0.2, -0.15) is 0 Å². The first kappa shape index (κ1) is 28.4. The molecule has 212 valence electrons. The molecule has 0 bridgehead atoms. The summed E-state index contributed by atoms with van der Waals surface area (Å²) in [6, 6.07) is 28.6. The summed E-state index contributed by atoms with van der Waals surface area (Å²) in [5.41, 5.74) is 5.51. The van der Waals surface area contributed by atoms with E-state index in [4.69, 9.17) is 9.47 Å². The zero-order valence-corrected chi connectivity index (χ0v) is 24.1. The van der Waals surface area contributed by atoms with Gasteiger partial charge in [0.2, 0.25) is 0 Å². The van der Waals surface area contributed by atoms with Crippen LogP contribution in [0.15, 0.2) is 95.8 Å². The second-order valence-corrected chi connectivity index (χ2v) is 9.75. The number of benzene rings is 3. The lowest BCUT2D eigenvalue weighted by Gasteiger charge is -2.23. The number of rotatable bonds is 8. The molecule has 7 nitrogen and oxygen atoms in total. The van der Waals surface area contributed by atoms with Crippen LogP contribution in [0.1, 0.15) is 40.3 Å². The molecule has 0 fully saturated rings. The van der Waals surface area contributed by atoms with Crippen molar-refractivity contribution in [3.05, 3.63) is 118 Å². The largest absolute Gasteiger partial charge is 0.462 e. The van der Waals surface area contributed by atoms with E-state index >= 15 is 0 Å². The standard InChI is InChI=1S/C35H32N2O5/c1-5-41-34(39)26-22(3)30(35(40)42-6-2)36-31(26)29-27(23-16-10-7-11-17-23)28(24-18-12-8-13-19-24)33(38)37(4)32(29)25-20-14-9-15-21-25/h7-21,36H,5-6H2,1-4H3. The molecule has 3 aromatic carbocycles. The molecule has 0 aliphatic rings. The van der Waals surface area contributed by atoms with E-state index in [1.54, 1.807) is 32.4 Å². The highest BCUT2D eigenvalue weighted by atomic mass is 16.5. The number of ether oxygens (including phenoxy) is 2. The number of carbonyl (C=O) groups excluding carboxylic acids is 2. The third kappa shape index (κ3) is 5.05. The highest BCUT2D eigenvalue weighted by Crippen LogP contribution is 2.45. The lowest BCUT2D eigenvalue weighted by atomic mass is 9.86. The number of nitrogens with one attached hydrogen (secondary N) is 1. The van der Waals surface area contributed by atoms with E-state index in [2.05, 4.69) is 4.98 Å². The Morgan fingerprint density at radius 2 is 1.17 bits per heavy atom. The summed E-state index contributed by atoms with van der Waals surface area (Å²) in [5.74, 6) is -1.16. The van der Waals surface area contributed by atoms with Gasteiger partial charge in [-0.25, -0.2) is 9.59 Å². The van der Waals surface area contributed by atoms with Crippen molar-refractivity contribution in [1.82, 2.24) is 9.55 Å². The summed E-state index contributed by atoms with van der Waals surface area (Å²) in [7, 11) is 1.72. The predicted molar refractivity (Wildman–Crippen MR) is 164 cm³/mol. The molecule has 0 aliphatic carbocycles. The van der Waals surface area contributed by atoms with E-state index in [0.717, 1.165) is 16.7 Å². The molecule has 0 atom stereocenters. The lowest BCUT2D eigenvalue weighted by molar-refractivity contribution is 0.0519. The van der Waals surface area contributed by atoms with Gasteiger partial charge in [-0.3, -0.25) is 4.79 Å². The van der Waals surface area contributed by atoms with Crippen molar-refractivity contribution < 1.29 is 19.1 Å². The maximum absolute atomic E-state index is 14.3. The van der Waals surface area contributed by atoms with Gasteiger partial charge < -0.3 is 19.0 Å². The van der Waals surface area contributed by atoms with Crippen molar-refractivity contribution in [3.8, 4) is 44.8 Å². The molecule has 7 heteroatoms. The number of hydrogen-bond donors (Lipinski definition) is 1. The third-order valence-corrected chi connectivity index (χ3v) is 7.22. The number of hydrogen-bond acceptors (Lipinski definition) is 5. The molecule has 2 aromatic heterocycles. The van der Waals surface area contributed by atoms with Gasteiger partial charge in [0, 0.05) is 18.2 Å². The quantitative estimate of drug-likeness (QED) is 0.206. The Labute approximate surface area is 244 Å². The minimum Gasteiger partial charge on any atom is -0.462 e. The first-order valence-corrected chi connectivity index (χ1v) is 13.9. The smallest absolute Gasteiger partial charge is 0.355 e. The van der Waals surface area contributed by atoms with Crippen LogP contribution in [-0.2, 0) is 16.5 Å². The number of esters is 2. The maximum Gasteiger partial charge on any atom is 0.355 e. The van der Waals surface area contributed by atoms with Crippen LogP contribution in [0.3, 0.4) is 0 Å². The molecule has 2 heterocycles. The maximum atomic E-state index is 14.3. The molecule has 0 spiro atoms. The molecule has 5 rings (SSSR count). The Balaban J connectivity index is 2.04. The van der Waals surface area contributed by atoms with Gasteiger partial charge in [-0.15, -0.1) is 0 Å². The summed E-state index contributed by atoms with van der Waals surface area (Å²) >= 11 is 0. The van der Waals surface area contributed by atoms with Gasteiger partial charge in [0.15, 0.2) is 0 Å². The van der Waals surface area contributed by atoms with Crippen LogP contribution in [0.2, 0.25) is 0 Å². The van der Waals surface area contributed by atoms with Crippen LogP contribution in [0.4, 0.5) is 0 Å². The zero-order chi connectivity index (χ0) is 29.8. The van der Waals surface area contributed by atoms with E-state index in [1.165, 1.54) is 0 Å². The monoisotopic (exact) mass is 560 g/mol. The molecule has 5 aromatic rings. The molecular formula is C35H32N2O5.